The number of rotatable bonds is 4. The van der Waals surface area contributed by atoms with Crippen molar-refractivity contribution in [2.75, 3.05) is 0 Å². The first kappa shape index (κ1) is 16.2. The Morgan fingerprint density at radius 3 is 2.40 bits per heavy atom. The van der Waals surface area contributed by atoms with Crippen LogP contribution < -0.4 is 0 Å². The second-order valence-corrected chi connectivity index (χ2v) is 4.39. The third-order valence-electron chi connectivity index (χ3n) is 2.47. The van der Waals surface area contributed by atoms with E-state index >= 15 is 0 Å². The number of hydrogen-bond donors (Lipinski definition) is 1. The Kier molecular flexibility index (Phi) is 4.94. The molecule has 1 unspecified atom stereocenters. The zero-order chi connectivity index (χ0) is 15.5. The minimum atomic E-state index is -4.68. The molecule has 1 aromatic rings. The lowest BCUT2D eigenvalue weighted by atomic mass is 9.96. The summed E-state index contributed by atoms with van der Waals surface area (Å²) in [7, 11) is 0. The minimum absolute atomic E-state index is 0.0773. The molecule has 1 aromatic carbocycles. The van der Waals surface area contributed by atoms with Crippen LogP contribution in [0.25, 0.3) is 6.08 Å². The summed E-state index contributed by atoms with van der Waals surface area (Å²) < 4.78 is 38.7. The summed E-state index contributed by atoms with van der Waals surface area (Å²) in [6.45, 7) is 1.14. The molecule has 0 bridgehead atoms. The number of carbonyl (C=O) groups is 2. The van der Waals surface area contributed by atoms with Crippen molar-refractivity contribution in [3.8, 4) is 0 Å². The molecule has 0 spiro atoms. The van der Waals surface area contributed by atoms with Crippen LogP contribution in [0.4, 0.5) is 13.2 Å². The highest BCUT2D eigenvalue weighted by atomic mass is 35.5. The van der Waals surface area contributed by atoms with Crippen molar-refractivity contribution in [3.63, 3.8) is 0 Å². The van der Waals surface area contributed by atoms with Gasteiger partial charge in [0.25, 0.3) is 0 Å². The predicted octanol–water partition coefficient (Wildman–Crippen LogP) is 3.67. The maximum atomic E-state index is 12.9. The number of Topliss-reactive ketones (excluding diaryl/α,β-unsaturated/α-hetero) is 1. The van der Waals surface area contributed by atoms with Gasteiger partial charge in [-0.3, -0.25) is 4.79 Å². The van der Waals surface area contributed by atoms with Gasteiger partial charge < -0.3 is 5.11 Å². The summed E-state index contributed by atoms with van der Waals surface area (Å²) in [6.07, 6.45) is -3.32. The Labute approximate surface area is 117 Å². The van der Waals surface area contributed by atoms with E-state index in [1.54, 1.807) is 0 Å². The van der Waals surface area contributed by atoms with Crippen molar-refractivity contribution in [1.29, 1.82) is 0 Å². The first-order valence-electron chi connectivity index (χ1n) is 5.40. The van der Waals surface area contributed by atoms with E-state index in [0.717, 1.165) is 25.1 Å². The molecule has 0 fully saturated rings. The van der Waals surface area contributed by atoms with E-state index < -0.39 is 34.4 Å². The van der Waals surface area contributed by atoms with Gasteiger partial charge in [0.2, 0.25) is 0 Å². The van der Waals surface area contributed by atoms with Crippen LogP contribution in [-0.4, -0.2) is 16.9 Å². The van der Waals surface area contributed by atoms with Crippen LogP contribution in [0.1, 0.15) is 29.0 Å². The second kappa shape index (κ2) is 6.09. The van der Waals surface area contributed by atoms with Crippen molar-refractivity contribution in [2.45, 2.75) is 18.5 Å². The van der Waals surface area contributed by atoms with Crippen LogP contribution in [0.3, 0.4) is 0 Å². The number of carboxylic acid groups (broad SMARTS) is 1. The molecule has 0 radical (unpaired) electrons. The van der Waals surface area contributed by atoms with Gasteiger partial charge >= 0.3 is 12.1 Å². The van der Waals surface area contributed by atoms with Crippen molar-refractivity contribution in [1.82, 2.24) is 0 Å². The molecule has 0 saturated heterocycles. The fourth-order valence-corrected chi connectivity index (χ4v) is 1.80. The molecule has 20 heavy (non-hydrogen) atoms. The summed E-state index contributed by atoms with van der Waals surface area (Å²) in [5.74, 6) is -1.93. The Bertz CT molecular complexity index is 564. The van der Waals surface area contributed by atoms with E-state index in [2.05, 4.69) is 0 Å². The van der Waals surface area contributed by atoms with E-state index in [4.69, 9.17) is 16.7 Å². The van der Waals surface area contributed by atoms with Crippen LogP contribution in [0.5, 0.6) is 0 Å². The highest BCUT2D eigenvalue weighted by molar-refractivity contribution is 6.31. The Morgan fingerprint density at radius 1 is 1.35 bits per heavy atom. The number of alkyl halides is 4. The monoisotopic (exact) mass is 306 g/mol. The highest BCUT2D eigenvalue weighted by Gasteiger charge is 2.34. The van der Waals surface area contributed by atoms with E-state index in [9.17, 15) is 22.8 Å². The van der Waals surface area contributed by atoms with Crippen LogP contribution in [0.15, 0.2) is 24.3 Å². The van der Waals surface area contributed by atoms with Crippen molar-refractivity contribution >= 4 is 29.4 Å². The molecular weight excluding hydrogens is 297 g/mol. The van der Waals surface area contributed by atoms with Crippen LogP contribution >= 0.6 is 11.6 Å². The number of benzene rings is 1. The third kappa shape index (κ3) is 3.84. The molecule has 1 N–H and O–H groups in total. The molecule has 1 rings (SSSR count). The SMILES string of the molecule is CC(=O)C(Cl)c1cccc(C(F)(F)F)c1C=CC(=O)O. The number of carboxylic acids is 1. The molecule has 0 aliphatic rings. The number of hydrogen-bond acceptors (Lipinski definition) is 2. The zero-order valence-corrected chi connectivity index (χ0v) is 11.0. The van der Waals surface area contributed by atoms with E-state index in [1.807, 2.05) is 0 Å². The summed E-state index contributed by atoms with van der Waals surface area (Å²) in [5.41, 5.74) is -1.54. The molecule has 1 atom stereocenters. The second-order valence-electron chi connectivity index (χ2n) is 3.95. The molecule has 0 amide bonds. The van der Waals surface area contributed by atoms with Gasteiger partial charge in [-0.15, -0.1) is 11.6 Å². The smallest absolute Gasteiger partial charge is 0.416 e. The fraction of sp³-hybridized carbons (Fsp3) is 0.231. The lowest BCUT2D eigenvalue weighted by molar-refractivity contribution is -0.138. The highest BCUT2D eigenvalue weighted by Crippen LogP contribution is 2.37. The van der Waals surface area contributed by atoms with Gasteiger partial charge in [0.15, 0.2) is 5.78 Å². The summed E-state index contributed by atoms with van der Waals surface area (Å²) in [5, 5.41) is 7.27. The number of halogens is 4. The average molecular weight is 307 g/mol. The standard InChI is InChI=1S/C13H10ClF3O3/c1-7(18)12(14)9-3-2-4-10(13(15,16)17)8(9)5-6-11(19)20/h2-6,12H,1H3,(H,19,20). The molecule has 0 heterocycles. The Hall–Kier alpha value is -1.82. The summed E-state index contributed by atoms with van der Waals surface area (Å²) in [6, 6.07) is 3.18. The van der Waals surface area contributed by atoms with Crippen molar-refractivity contribution < 1.29 is 27.9 Å². The normalized spacial score (nSPS) is 13.4. The molecule has 7 heteroatoms. The first-order chi connectivity index (χ1) is 9.14. The van der Waals surface area contributed by atoms with Crippen molar-refractivity contribution in [2.24, 2.45) is 0 Å². The first-order valence-corrected chi connectivity index (χ1v) is 5.84. The number of carbonyl (C=O) groups excluding carboxylic acids is 1. The van der Waals surface area contributed by atoms with E-state index in [0.29, 0.717) is 6.08 Å². The molecule has 108 valence electrons. The van der Waals surface area contributed by atoms with Gasteiger partial charge in [0.1, 0.15) is 5.38 Å². The van der Waals surface area contributed by atoms with E-state index in [1.165, 1.54) is 6.07 Å². The van der Waals surface area contributed by atoms with Gasteiger partial charge in [0.05, 0.1) is 5.56 Å². The van der Waals surface area contributed by atoms with Crippen LogP contribution in [-0.2, 0) is 15.8 Å². The topological polar surface area (TPSA) is 54.4 Å². The Balaban J connectivity index is 3.52. The van der Waals surface area contributed by atoms with Gasteiger partial charge in [0, 0.05) is 6.08 Å². The van der Waals surface area contributed by atoms with Crippen molar-refractivity contribution in [3.05, 3.63) is 41.0 Å². The molecule has 0 saturated carbocycles. The molecule has 0 aliphatic heterocycles. The van der Waals surface area contributed by atoms with Crippen LogP contribution in [0, 0.1) is 0 Å². The maximum Gasteiger partial charge on any atom is 0.416 e. The lowest BCUT2D eigenvalue weighted by Gasteiger charge is -2.16. The van der Waals surface area contributed by atoms with Gasteiger partial charge in [-0.25, -0.2) is 4.79 Å². The van der Waals surface area contributed by atoms with Crippen LogP contribution in [0.2, 0.25) is 0 Å². The third-order valence-corrected chi connectivity index (χ3v) is 3.01. The maximum absolute atomic E-state index is 12.9. The summed E-state index contributed by atoms with van der Waals surface area (Å²) in [4.78, 5) is 21.7. The van der Waals surface area contributed by atoms with Gasteiger partial charge in [-0.05, 0) is 30.2 Å². The minimum Gasteiger partial charge on any atom is -0.478 e. The fourth-order valence-electron chi connectivity index (χ4n) is 1.61. The molecule has 0 aliphatic carbocycles. The largest absolute Gasteiger partial charge is 0.478 e. The Morgan fingerprint density at radius 2 is 1.95 bits per heavy atom. The average Bonchev–Trinajstić information content (AvgIpc) is 2.33. The van der Waals surface area contributed by atoms with Gasteiger partial charge in [-0.1, -0.05) is 12.1 Å². The quantitative estimate of drug-likeness (QED) is 0.682. The molecule has 3 nitrogen and oxygen atoms in total. The predicted molar refractivity (Wildman–Crippen MR) is 67.4 cm³/mol. The molecule has 0 aromatic heterocycles. The summed E-state index contributed by atoms with van der Waals surface area (Å²) >= 11 is 5.79. The number of aliphatic carboxylic acids is 1. The van der Waals surface area contributed by atoms with Gasteiger partial charge in [-0.2, -0.15) is 13.2 Å². The van der Waals surface area contributed by atoms with E-state index in [-0.39, 0.29) is 5.56 Å². The zero-order valence-electron chi connectivity index (χ0n) is 10.2. The number of ketones is 1. The lowest BCUT2D eigenvalue weighted by Crippen LogP contribution is -2.12. The molecular formula is C13H10ClF3O3.